The number of carbonyl (C=O) groups excluding carboxylic acids is 2. The Balaban J connectivity index is 1.34. The molecule has 0 saturated carbocycles. The summed E-state index contributed by atoms with van der Waals surface area (Å²) in [5.74, 6) is -0.501. The van der Waals surface area contributed by atoms with Crippen LogP contribution in [0.15, 0.2) is 82.4 Å². The van der Waals surface area contributed by atoms with Crippen LogP contribution in [0, 0.1) is 0 Å². The zero-order valence-electron chi connectivity index (χ0n) is 19.2. The maximum absolute atomic E-state index is 13.0. The Hall–Kier alpha value is -4.46. The van der Waals surface area contributed by atoms with Crippen LogP contribution in [0.1, 0.15) is 22.8 Å². The molecule has 2 heterocycles. The average molecular weight is 469 g/mol. The number of amides is 2. The number of rotatable bonds is 5. The molecular weight excluding hydrogens is 444 g/mol. The third-order valence-electron chi connectivity index (χ3n) is 6.30. The van der Waals surface area contributed by atoms with Gasteiger partial charge in [0.05, 0.1) is 10.9 Å². The highest BCUT2D eigenvalue weighted by Gasteiger charge is 2.25. The van der Waals surface area contributed by atoms with Gasteiger partial charge in [-0.15, -0.1) is 0 Å². The average Bonchev–Trinajstić information content (AvgIpc) is 3.31. The minimum absolute atomic E-state index is 0.0901. The fraction of sp³-hybridized carbons (Fsp3) is 0.185. The Morgan fingerprint density at radius 1 is 0.886 bits per heavy atom. The summed E-state index contributed by atoms with van der Waals surface area (Å²) in [6.45, 7) is 2.32. The number of nitrogens with one attached hydrogen (secondary N) is 1. The topological polar surface area (TPSA) is 93.4 Å². The predicted molar refractivity (Wildman–Crippen MR) is 135 cm³/mol. The Morgan fingerprint density at radius 3 is 2.37 bits per heavy atom. The first-order valence-electron chi connectivity index (χ1n) is 11.5. The molecule has 0 radical (unpaired) electrons. The van der Waals surface area contributed by atoms with Crippen LogP contribution >= 0.6 is 0 Å². The van der Waals surface area contributed by atoms with E-state index in [-0.39, 0.29) is 24.6 Å². The summed E-state index contributed by atoms with van der Waals surface area (Å²) in [4.78, 5) is 53.0. The van der Waals surface area contributed by atoms with Gasteiger partial charge in [-0.25, -0.2) is 4.79 Å². The van der Waals surface area contributed by atoms with Crippen LogP contribution < -0.4 is 21.5 Å². The number of carbonyl (C=O) groups is 2. The highest BCUT2D eigenvalue weighted by Crippen LogP contribution is 2.29. The SMILES string of the molecule is CCn1c(=O)c2ccccc2n(CC(=O)Nc2ccc(C(=O)N3CCc4ccccc43)cc2)c1=O. The lowest BCUT2D eigenvalue weighted by Gasteiger charge is -2.17. The minimum atomic E-state index is -0.529. The van der Waals surface area contributed by atoms with Gasteiger partial charge < -0.3 is 10.2 Å². The molecule has 1 aliphatic heterocycles. The smallest absolute Gasteiger partial charge is 0.325 e. The molecule has 3 aromatic carbocycles. The third-order valence-corrected chi connectivity index (χ3v) is 6.30. The normalized spacial score (nSPS) is 12.5. The van der Waals surface area contributed by atoms with Gasteiger partial charge in [-0.1, -0.05) is 30.3 Å². The summed E-state index contributed by atoms with van der Waals surface area (Å²) >= 11 is 0. The number of fused-ring (bicyclic) bond motifs is 2. The zero-order chi connectivity index (χ0) is 24.5. The predicted octanol–water partition coefficient (Wildman–Crippen LogP) is 3.02. The van der Waals surface area contributed by atoms with Crippen LogP contribution in [-0.2, 0) is 24.3 Å². The summed E-state index contributed by atoms with van der Waals surface area (Å²) in [5, 5.41) is 3.16. The standard InChI is InChI=1S/C27H24N4O4/c1-2-29-26(34)21-8-4-6-10-23(21)31(27(29)35)17-24(32)28-20-13-11-19(12-14-20)25(33)30-16-15-18-7-3-5-9-22(18)30/h3-14H,2,15-17H2,1H3,(H,28,32). The van der Waals surface area contributed by atoms with Crippen molar-refractivity contribution in [2.24, 2.45) is 0 Å². The first kappa shape index (κ1) is 22.3. The minimum Gasteiger partial charge on any atom is -0.325 e. The first-order chi connectivity index (χ1) is 17.0. The Morgan fingerprint density at radius 2 is 1.60 bits per heavy atom. The van der Waals surface area contributed by atoms with Gasteiger partial charge in [0.2, 0.25) is 5.91 Å². The summed E-state index contributed by atoms with van der Waals surface area (Å²) in [5.41, 5.74) is 2.63. The monoisotopic (exact) mass is 468 g/mol. The Kier molecular flexibility index (Phi) is 5.78. The molecule has 5 rings (SSSR count). The van der Waals surface area contributed by atoms with Gasteiger partial charge in [-0.3, -0.25) is 23.5 Å². The lowest BCUT2D eigenvalue weighted by atomic mass is 10.1. The van der Waals surface area contributed by atoms with Crippen molar-refractivity contribution in [1.29, 1.82) is 0 Å². The molecule has 1 aromatic heterocycles. The third kappa shape index (κ3) is 4.03. The van der Waals surface area contributed by atoms with Gasteiger partial charge in [-0.2, -0.15) is 0 Å². The molecule has 0 saturated heterocycles. The number of nitrogens with zero attached hydrogens (tertiary/aromatic N) is 3. The van der Waals surface area contributed by atoms with Crippen molar-refractivity contribution in [2.45, 2.75) is 26.4 Å². The van der Waals surface area contributed by atoms with Gasteiger partial charge in [0.25, 0.3) is 11.5 Å². The summed E-state index contributed by atoms with van der Waals surface area (Å²) in [6, 6.07) is 21.3. The fourth-order valence-electron chi connectivity index (χ4n) is 4.55. The molecule has 2 amide bonds. The van der Waals surface area contributed by atoms with E-state index in [2.05, 4.69) is 5.32 Å². The Labute approximate surface area is 201 Å². The second-order valence-electron chi connectivity index (χ2n) is 8.40. The number of hydrogen-bond acceptors (Lipinski definition) is 4. The maximum Gasteiger partial charge on any atom is 0.331 e. The van der Waals surface area contributed by atoms with Crippen LogP contribution in [0.3, 0.4) is 0 Å². The van der Waals surface area contributed by atoms with E-state index in [0.29, 0.717) is 28.7 Å². The van der Waals surface area contributed by atoms with Crippen LogP contribution in [0.4, 0.5) is 11.4 Å². The molecule has 1 N–H and O–H groups in total. The van der Waals surface area contributed by atoms with Gasteiger partial charge in [0.15, 0.2) is 0 Å². The molecule has 0 aliphatic carbocycles. The molecule has 176 valence electrons. The molecule has 4 aromatic rings. The van der Waals surface area contributed by atoms with Crippen LogP contribution in [0.25, 0.3) is 10.9 Å². The van der Waals surface area contributed by atoms with Crippen LogP contribution in [-0.4, -0.2) is 27.5 Å². The van der Waals surface area contributed by atoms with E-state index in [9.17, 15) is 19.2 Å². The van der Waals surface area contributed by atoms with E-state index in [4.69, 9.17) is 0 Å². The maximum atomic E-state index is 13.0. The molecular formula is C27H24N4O4. The molecule has 0 bridgehead atoms. The van der Waals surface area contributed by atoms with Crippen molar-refractivity contribution in [2.75, 3.05) is 16.8 Å². The van der Waals surface area contributed by atoms with E-state index in [1.165, 1.54) is 4.57 Å². The lowest BCUT2D eigenvalue weighted by molar-refractivity contribution is -0.116. The van der Waals surface area contributed by atoms with Crippen molar-refractivity contribution in [3.05, 3.63) is 105 Å². The van der Waals surface area contributed by atoms with E-state index >= 15 is 0 Å². The van der Waals surface area contributed by atoms with Crippen molar-refractivity contribution in [1.82, 2.24) is 9.13 Å². The number of hydrogen-bond donors (Lipinski definition) is 1. The molecule has 8 nitrogen and oxygen atoms in total. The molecule has 8 heteroatoms. The fourth-order valence-corrected chi connectivity index (χ4v) is 4.55. The van der Waals surface area contributed by atoms with Crippen molar-refractivity contribution in [3.8, 4) is 0 Å². The van der Waals surface area contributed by atoms with Gasteiger partial charge in [0.1, 0.15) is 6.54 Å². The van der Waals surface area contributed by atoms with Gasteiger partial charge in [0, 0.05) is 30.0 Å². The molecule has 0 spiro atoms. The largest absolute Gasteiger partial charge is 0.331 e. The van der Waals surface area contributed by atoms with Crippen molar-refractivity contribution >= 4 is 34.1 Å². The van der Waals surface area contributed by atoms with E-state index in [0.717, 1.165) is 22.2 Å². The highest BCUT2D eigenvalue weighted by molar-refractivity contribution is 6.07. The highest BCUT2D eigenvalue weighted by atomic mass is 16.2. The molecule has 0 fully saturated rings. The van der Waals surface area contributed by atoms with E-state index < -0.39 is 11.6 Å². The van der Waals surface area contributed by atoms with Crippen LogP contribution in [0.2, 0.25) is 0 Å². The molecule has 0 atom stereocenters. The second kappa shape index (κ2) is 9.06. The summed E-state index contributed by atoms with van der Waals surface area (Å²) < 4.78 is 2.42. The van der Waals surface area contributed by atoms with Gasteiger partial charge in [-0.05, 0) is 61.4 Å². The second-order valence-corrected chi connectivity index (χ2v) is 8.40. The quantitative estimate of drug-likeness (QED) is 0.487. The Bertz CT molecular complexity index is 1570. The van der Waals surface area contributed by atoms with E-state index in [1.54, 1.807) is 60.4 Å². The van der Waals surface area contributed by atoms with Crippen molar-refractivity contribution in [3.63, 3.8) is 0 Å². The molecule has 35 heavy (non-hydrogen) atoms. The molecule has 0 unspecified atom stereocenters. The number of anilines is 2. The first-order valence-corrected chi connectivity index (χ1v) is 11.5. The van der Waals surface area contributed by atoms with Crippen LogP contribution in [0.5, 0.6) is 0 Å². The number of aromatic nitrogens is 2. The summed E-state index contributed by atoms with van der Waals surface area (Å²) in [7, 11) is 0. The molecule has 1 aliphatic rings. The van der Waals surface area contributed by atoms with Crippen molar-refractivity contribution < 1.29 is 9.59 Å². The van der Waals surface area contributed by atoms with E-state index in [1.807, 2.05) is 24.3 Å². The number of benzene rings is 3. The summed E-state index contributed by atoms with van der Waals surface area (Å²) in [6.07, 6.45) is 0.829. The zero-order valence-corrected chi connectivity index (χ0v) is 19.2. The number of para-hydroxylation sites is 2. The lowest BCUT2D eigenvalue weighted by Crippen LogP contribution is -2.41. The van der Waals surface area contributed by atoms with Gasteiger partial charge >= 0.3 is 5.69 Å².